The van der Waals surface area contributed by atoms with E-state index in [-0.39, 0.29) is 40.1 Å². The maximum Gasteiger partial charge on any atom is 0 e. The van der Waals surface area contributed by atoms with Gasteiger partial charge in [-0.15, -0.1) is 0 Å². The fourth-order valence-corrected chi connectivity index (χ4v) is 0. The van der Waals surface area contributed by atoms with E-state index in [1.165, 1.54) is 19.4 Å². The van der Waals surface area contributed by atoms with Gasteiger partial charge in [-0.25, -0.2) is 0 Å². The summed E-state index contributed by atoms with van der Waals surface area (Å²) < 4.78 is 10.2. The first-order valence-corrected chi connectivity index (χ1v) is 4.11. The van der Waals surface area contributed by atoms with E-state index < -0.39 is 7.14 Å². The van der Waals surface area contributed by atoms with Crippen LogP contribution in [0.15, 0.2) is 0 Å². The maximum absolute atomic E-state index is 10.2. The van der Waals surface area contributed by atoms with Crippen LogP contribution < -0.4 is 0 Å². The van der Waals surface area contributed by atoms with E-state index in [9.17, 15) is 9.36 Å². The summed E-state index contributed by atoms with van der Waals surface area (Å²) in [5, 5.41) is 0. The summed E-state index contributed by atoms with van der Waals surface area (Å²) in [7, 11) is -2.45. The number of hydrogen-bond acceptors (Lipinski definition) is 2. The van der Waals surface area contributed by atoms with Crippen molar-refractivity contribution in [3.63, 3.8) is 0 Å². The molecule has 0 aliphatic rings. The van der Waals surface area contributed by atoms with Gasteiger partial charge in [0, 0.05) is 32.7 Å². The summed E-state index contributed by atoms with van der Waals surface area (Å²) in [6.45, 7) is 2.75. The van der Waals surface area contributed by atoms with Gasteiger partial charge in [-0.05, 0) is 20.5 Å². The minimum atomic E-state index is -2.45. The monoisotopic (exact) mass is 209 g/mol. The maximum atomic E-state index is 10.2. The second-order valence-electron chi connectivity index (χ2n) is 1.44. The summed E-state index contributed by atoms with van der Waals surface area (Å²) in [5.74, 6) is 0. The van der Waals surface area contributed by atoms with E-state index in [4.69, 9.17) is 0 Å². The Morgan fingerprint density at radius 1 is 1.38 bits per heavy atom. The molecule has 0 heterocycles. The van der Waals surface area contributed by atoms with Crippen LogP contribution in [0.1, 0.15) is 0 Å². The molecule has 0 spiro atoms. The van der Waals surface area contributed by atoms with Crippen LogP contribution in [0.3, 0.4) is 0 Å². The molecule has 0 bridgehead atoms. The van der Waals surface area contributed by atoms with E-state index in [1.54, 1.807) is 0 Å². The van der Waals surface area contributed by atoms with Crippen molar-refractivity contribution in [3.05, 3.63) is 7.43 Å². The van der Waals surface area contributed by atoms with Crippen molar-refractivity contribution < 1.29 is 42.1 Å². The van der Waals surface area contributed by atoms with Crippen molar-refractivity contribution in [2.45, 2.75) is 0 Å². The van der Waals surface area contributed by atoms with Crippen molar-refractivity contribution in [2.24, 2.45) is 0 Å². The van der Waals surface area contributed by atoms with Gasteiger partial charge < -0.3 is 16.8 Å². The molecule has 0 amide bonds. The van der Waals surface area contributed by atoms with E-state index in [1.807, 2.05) is 0 Å². The smallest absolute Gasteiger partial charge is 0 e. The molecule has 0 aromatic heterocycles. The van der Waals surface area contributed by atoms with Gasteiger partial charge in [0.2, 0.25) is 0 Å². The molecule has 1 radical (unpaired) electrons. The van der Waals surface area contributed by atoms with Crippen molar-refractivity contribution >= 4 is 13.2 Å². The van der Waals surface area contributed by atoms with Gasteiger partial charge in [0.1, 0.15) is 0 Å². The summed E-state index contributed by atoms with van der Waals surface area (Å²) in [4.78, 5) is 9.44. The Hall–Kier alpha value is 1.00. The van der Waals surface area contributed by atoms with Crippen LogP contribution in [-0.4, -0.2) is 19.4 Å². The summed E-state index contributed by atoms with van der Waals surface area (Å²) in [5.41, 5.74) is 0. The van der Waals surface area contributed by atoms with Crippen molar-refractivity contribution in [3.8, 4) is 0 Å². The molecule has 0 saturated carbocycles. The number of rotatable bonds is 1. The molecule has 8 heavy (non-hydrogen) atoms. The Morgan fingerprint density at radius 2 is 1.50 bits per heavy atom. The Morgan fingerprint density at radius 3 is 1.50 bits per heavy atom. The molecular formula is C4H9O2PY-2. The first-order chi connectivity index (χ1) is 2.56. The third kappa shape index (κ3) is 15.7. The largest absolute Gasteiger partial charge is 0.534 e. The van der Waals surface area contributed by atoms with Crippen molar-refractivity contribution in [1.82, 2.24) is 0 Å². The number of hydrogen-bond donors (Lipinski definition) is 0. The fourth-order valence-electron chi connectivity index (χ4n) is 0. The normalized spacial score (nSPS) is 8.25. The molecule has 0 aromatic carbocycles. The minimum absolute atomic E-state index is 0. The summed E-state index contributed by atoms with van der Waals surface area (Å²) >= 11 is 0. The Bertz CT molecular complexity index is 96.2. The Balaban J connectivity index is -0.000000125. The predicted molar refractivity (Wildman–Crippen MR) is 31.6 cm³/mol. The molecule has 0 aliphatic carbocycles. The average molecular weight is 209 g/mol. The molecule has 0 fully saturated rings. The molecule has 0 N–H and O–H groups in total. The van der Waals surface area contributed by atoms with Gasteiger partial charge in [-0.1, -0.05) is 0 Å². The van der Waals surface area contributed by atoms with Gasteiger partial charge in [0.25, 0.3) is 0 Å². The van der Waals surface area contributed by atoms with Crippen LogP contribution in [0.2, 0.25) is 0 Å². The Labute approximate surface area is 75.7 Å². The molecule has 0 aromatic rings. The van der Waals surface area contributed by atoms with Crippen LogP contribution in [0.5, 0.6) is 0 Å². The van der Waals surface area contributed by atoms with Crippen molar-refractivity contribution in [2.75, 3.05) is 13.3 Å². The Kier molecular flexibility index (Phi) is 12.3. The van der Waals surface area contributed by atoms with Crippen LogP contribution in [0.25, 0.3) is 0 Å². The minimum Gasteiger partial charge on any atom is -0.534 e. The zero-order valence-electron chi connectivity index (χ0n) is 5.34. The third-order valence-corrected chi connectivity index (χ3v) is 0.660. The molecule has 0 atom stereocenters. The zero-order chi connectivity index (χ0) is 5.21. The second kappa shape index (κ2) is 6.13. The van der Waals surface area contributed by atoms with Crippen LogP contribution in [-0.2, 0) is 42.1 Å². The molecule has 2 nitrogen and oxygen atoms in total. The van der Waals surface area contributed by atoms with Gasteiger partial charge >= 0.3 is 0 Å². The molecule has 0 unspecified atom stereocenters. The van der Waals surface area contributed by atoms with E-state index in [0.717, 1.165) is 0 Å². The summed E-state index contributed by atoms with van der Waals surface area (Å²) in [6.07, 6.45) is 0. The predicted octanol–water partition coefficient (Wildman–Crippen LogP) is 1.12. The van der Waals surface area contributed by atoms with Gasteiger partial charge in [-0.2, -0.15) is 6.03 Å². The second-order valence-corrected chi connectivity index (χ2v) is 4.33. The molecule has 0 aliphatic heterocycles. The van der Waals surface area contributed by atoms with Crippen LogP contribution >= 0.6 is 7.14 Å². The average Bonchev–Trinajstić information content (AvgIpc) is 1.35. The standard InChI is InChI=1S/C3H6O2P.CH3.Y/c1-6(2,5)3-4;;/h1-2H3;1H3;/q2*-1;. The molecular weight excluding hydrogens is 200 g/mol. The first-order valence-electron chi connectivity index (χ1n) is 1.50. The van der Waals surface area contributed by atoms with E-state index in [0.29, 0.717) is 0 Å². The van der Waals surface area contributed by atoms with Crippen LogP contribution in [0, 0.1) is 7.43 Å². The molecule has 0 saturated heterocycles. The van der Waals surface area contributed by atoms with E-state index >= 15 is 0 Å². The van der Waals surface area contributed by atoms with Crippen LogP contribution in [0.4, 0.5) is 0 Å². The van der Waals surface area contributed by atoms with Gasteiger partial charge in [-0.3, -0.25) is 0 Å². The quantitative estimate of drug-likeness (QED) is 0.479. The zero-order valence-corrected chi connectivity index (χ0v) is 9.07. The molecule has 0 rings (SSSR count). The molecule has 47 valence electrons. The topological polar surface area (TPSA) is 34.1 Å². The third-order valence-electron chi connectivity index (χ3n) is 0.220. The fraction of sp³-hybridized carbons (Fsp3) is 0.500. The summed E-state index contributed by atoms with van der Waals surface area (Å²) in [6, 6.07) is 1.41. The van der Waals surface area contributed by atoms with Gasteiger partial charge in [0.05, 0.1) is 0 Å². The van der Waals surface area contributed by atoms with Crippen molar-refractivity contribution in [1.29, 1.82) is 0 Å². The SMILES string of the molecule is CP(C)(=O)[C-]=O.[CH3-].[Y]. The molecule has 4 heteroatoms. The first kappa shape index (κ1) is 16.0. The number of carbonyl (C=O) groups excluding carboxylic acids is 1. The van der Waals surface area contributed by atoms with Gasteiger partial charge in [0.15, 0.2) is 0 Å². The van der Waals surface area contributed by atoms with E-state index in [2.05, 4.69) is 0 Å².